The molecular formula is C15H18FNO4S. The molecule has 2 aliphatic rings. The Kier molecular flexibility index (Phi) is 4.08. The number of carbonyl (C=O) groups is 1. The molecule has 2 heterocycles. The summed E-state index contributed by atoms with van der Waals surface area (Å²) < 4.78 is 42.0. The van der Waals surface area contributed by atoms with Crippen LogP contribution in [0.2, 0.25) is 0 Å². The Hall–Kier alpha value is -1.63. The van der Waals surface area contributed by atoms with E-state index in [1.807, 2.05) is 0 Å². The molecule has 2 atom stereocenters. The number of benzene rings is 1. The number of ether oxygens (including phenoxy) is 1. The van der Waals surface area contributed by atoms with Crippen LogP contribution in [0.5, 0.6) is 5.75 Å². The molecule has 1 amide bonds. The molecule has 7 heteroatoms. The van der Waals surface area contributed by atoms with Gasteiger partial charge in [0.25, 0.3) is 0 Å². The standard InChI is InChI=1S/C15H18FNO4S/c16-11-3-4-14-12(8-11)13(2-1-6-21-14)17-15(18)10-5-7-22(19,20)9-10/h3-4,8,10,13H,1-2,5-7,9H2,(H,17,18)/t10-,13+/m1/s1. The number of hydrogen-bond acceptors (Lipinski definition) is 4. The lowest BCUT2D eigenvalue weighted by Crippen LogP contribution is -2.34. The van der Waals surface area contributed by atoms with Crippen molar-refractivity contribution < 1.29 is 22.3 Å². The molecule has 1 saturated heterocycles. The highest BCUT2D eigenvalue weighted by Crippen LogP contribution is 2.32. The fourth-order valence-corrected chi connectivity index (χ4v) is 4.73. The topological polar surface area (TPSA) is 72.5 Å². The van der Waals surface area contributed by atoms with Crippen LogP contribution in [0.25, 0.3) is 0 Å². The molecule has 2 aliphatic heterocycles. The van der Waals surface area contributed by atoms with Crippen LogP contribution < -0.4 is 10.1 Å². The van der Waals surface area contributed by atoms with Crippen molar-refractivity contribution in [2.24, 2.45) is 5.92 Å². The lowest BCUT2D eigenvalue weighted by atomic mass is 10.00. The number of sulfone groups is 1. The normalized spacial score (nSPS) is 26.6. The molecule has 0 spiro atoms. The summed E-state index contributed by atoms with van der Waals surface area (Å²) in [5, 5.41) is 2.87. The largest absolute Gasteiger partial charge is 0.493 e. The first-order chi connectivity index (χ1) is 10.4. The van der Waals surface area contributed by atoms with Crippen molar-refractivity contribution >= 4 is 15.7 Å². The van der Waals surface area contributed by atoms with E-state index in [1.165, 1.54) is 12.1 Å². The van der Waals surface area contributed by atoms with E-state index in [1.54, 1.807) is 6.07 Å². The van der Waals surface area contributed by atoms with Crippen LogP contribution in [0.15, 0.2) is 18.2 Å². The van der Waals surface area contributed by atoms with Gasteiger partial charge in [-0.1, -0.05) is 0 Å². The fraction of sp³-hybridized carbons (Fsp3) is 0.533. The number of carbonyl (C=O) groups excluding carboxylic acids is 1. The number of fused-ring (bicyclic) bond motifs is 1. The Bertz CT molecular complexity index is 689. The predicted molar refractivity (Wildman–Crippen MR) is 78.8 cm³/mol. The fourth-order valence-electron chi connectivity index (χ4n) is 2.99. The van der Waals surface area contributed by atoms with Crippen molar-refractivity contribution in [3.8, 4) is 5.75 Å². The smallest absolute Gasteiger partial charge is 0.224 e. The van der Waals surface area contributed by atoms with Crippen molar-refractivity contribution in [3.63, 3.8) is 0 Å². The molecule has 0 aliphatic carbocycles. The van der Waals surface area contributed by atoms with Gasteiger partial charge in [-0.05, 0) is 37.5 Å². The highest BCUT2D eigenvalue weighted by Gasteiger charge is 2.34. The highest BCUT2D eigenvalue weighted by atomic mass is 32.2. The minimum Gasteiger partial charge on any atom is -0.493 e. The summed E-state index contributed by atoms with van der Waals surface area (Å²) in [7, 11) is -3.10. The number of amides is 1. The third kappa shape index (κ3) is 3.24. The second-order valence-corrected chi connectivity index (χ2v) is 8.06. The van der Waals surface area contributed by atoms with Gasteiger partial charge in [-0.25, -0.2) is 12.8 Å². The molecule has 3 rings (SSSR count). The van der Waals surface area contributed by atoms with Crippen LogP contribution in [0.1, 0.15) is 30.9 Å². The molecule has 0 saturated carbocycles. The van der Waals surface area contributed by atoms with E-state index < -0.39 is 15.8 Å². The minimum absolute atomic E-state index is 0.0596. The Morgan fingerprint density at radius 3 is 2.86 bits per heavy atom. The molecule has 1 N–H and O–H groups in total. The summed E-state index contributed by atoms with van der Waals surface area (Å²) in [6.07, 6.45) is 1.74. The van der Waals surface area contributed by atoms with Crippen molar-refractivity contribution in [2.75, 3.05) is 18.1 Å². The van der Waals surface area contributed by atoms with Crippen LogP contribution in [0.4, 0.5) is 4.39 Å². The van der Waals surface area contributed by atoms with Crippen molar-refractivity contribution in [1.82, 2.24) is 5.32 Å². The minimum atomic E-state index is -3.10. The summed E-state index contributed by atoms with van der Waals surface area (Å²) in [5.41, 5.74) is 0.617. The molecule has 0 bridgehead atoms. The van der Waals surface area contributed by atoms with E-state index in [0.29, 0.717) is 30.8 Å². The second kappa shape index (κ2) is 5.87. The average molecular weight is 327 g/mol. The third-order valence-corrected chi connectivity index (χ3v) is 5.93. The lowest BCUT2D eigenvalue weighted by molar-refractivity contribution is -0.125. The molecule has 120 valence electrons. The van der Waals surface area contributed by atoms with Crippen LogP contribution >= 0.6 is 0 Å². The zero-order valence-electron chi connectivity index (χ0n) is 12.0. The van der Waals surface area contributed by atoms with Crippen molar-refractivity contribution in [1.29, 1.82) is 0 Å². The summed E-state index contributed by atoms with van der Waals surface area (Å²) in [6.45, 7) is 0.517. The van der Waals surface area contributed by atoms with Crippen LogP contribution in [0, 0.1) is 11.7 Å². The van der Waals surface area contributed by atoms with Gasteiger partial charge in [0.1, 0.15) is 11.6 Å². The van der Waals surface area contributed by atoms with Gasteiger partial charge >= 0.3 is 0 Å². The van der Waals surface area contributed by atoms with Gasteiger partial charge in [0.2, 0.25) is 5.91 Å². The molecule has 1 aromatic rings. The van der Waals surface area contributed by atoms with Gasteiger partial charge < -0.3 is 10.1 Å². The van der Waals surface area contributed by atoms with E-state index in [2.05, 4.69) is 5.32 Å². The maximum atomic E-state index is 13.5. The Balaban J connectivity index is 1.78. The SMILES string of the molecule is O=C(N[C@H]1CCCOc2ccc(F)cc21)[C@@H]1CCS(=O)(=O)C1. The molecular weight excluding hydrogens is 309 g/mol. The molecule has 1 fully saturated rings. The summed E-state index contributed by atoms with van der Waals surface area (Å²) in [6, 6.07) is 3.92. The van der Waals surface area contributed by atoms with Gasteiger partial charge in [-0.3, -0.25) is 4.79 Å². The first kappa shape index (κ1) is 15.3. The zero-order valence-corrected chi connectivity index (χ0v) is 12.9. The monoisotopic (exact) mass is 327 g/mol. The molecule has 0 unspecified atom stereocenters. The maximum Gasteiger partial charge on any atom is 0.224 e. The van der Waals surface area contributed by atoms with E-state index in [4.69, 9.17) is 4.74 Å². The van der Waals surface area contributed by atoms with Crippen LogP contribution in [0.3, 0.4) is 0 Å². The summed E-state index contributed by atoms with van der Waals surface area (Å²) >= 11 is 0. The van der Waals surface area contributed by atoms with Gasteiger partial charge in [0.05, 0.1) is 30.1 Å². The van der Waals surface area contributed by atoms with Gasteiger partial charge in [0.15, 0.2) is 9.84 Å². The first-order valence-corrected chi connectivity index (χ1v) is 9.20. The molecule has 0 radical (unpaired) electrons. The maximum absolute atomic E-state index is 13.5. The number of rotatable bonds is 2. The predicted octanol–water partition coefficient (Wildman–Crippen LogP) is 1.59. The number of nitrogens with one attached hydrogen (secondary N) is 1. The Labute approximate surface area is 128 Å². The van der Waals surface area contributed by atoms with Gasteiger partial charge in [-0.15, -0.1) is 0 Å². The van der Waals surface area contributed by atoms with E-state index in [-0.39, 0.29) is 29.3 Å². The van der Waals surface area contributed by atoms with E-state index in [0.717, 1.165) is 6.42 Å². The quantitative estimate of drug-likeness (QED) is 0.895. The summed E-state index contributed by atoms with van der Waals surface area (Å²) in [5.74, 6) is -0.633. The molecule has 5 nitrogen and oxygen atoms in total. The van der Waals surface area contributed by atoms with E-state index in [9.17, 15) is 17.6 Å². The van der Waals surface area contributed by atoms with Crippen LogP contribution in [-0.4, -0.2) is 32.4 Å². The van der Waals surface area contributed by atoms with Gasteiger partial charge in [-0.2, -0.15) is 0 Å². The van der Waals surface area contributed by atoms with Crippen molar-refractivity contribution in [3.05, 3.63) is 29.6 Å². The first-order valence-electron chi connectivity index (χ1n) is 7.38. The zero-order chi connectivity index (χ0) is 15.7. The van der Waals surface area contributed by atoms with Gasteiger partial charge in [0, 0.05) is 5.56 Å². The average Bonchev–Trinajstić information content (AvgIpc) is 2.72. The number of halogens is 1. The lowest BCUT2D eigenvalue weighted by Gasteiger charge is -2.20. The highest BCUT2D eigenvalue weighted by molar-refractivity contribution is 7.91. The van der Waals surface area contributed by atoms with Crippen LogP contribution in [-0.2, 0) is 14.6 Å². The second-order valence-electron chi connectivity index (χ2n) is 5.83. The Morgan fingerprint density at radius 1 is 1.32 bits per heavy atom. The third-order valence-electron chi connectivity index (χ3n) is 4.16. The van der Waals surface area contributed by atoms with E-state index >= 15 is 0 Å². The molecule has 0 aromatic heterocycles. The number of hydrogen-bond donors (Lipinski definition) is 1. The molecule has 1 aromatic carbocycles. The Morgan fingerprint density at radius 2 is 2.14 bits per heavy atom. The van der Waals surface area contributed by atoms with Crippen molar-refractivity contribution in [2.45, 2.75) is 25.3 Å². The summed E-state index contributed by atoms with van der Waals surface area (Å²) in [4.78, 5) is 12.3. The molecule has 22 heavy (non-hydrogen) atoms.